The molecule has 12 heteroatoms. The van der Waals surface area contributed by atoms with Gasteiger partial charge in [-0.05, 0) is 37.5 Å². The molecule has 0 saturated carbocycles. The van der Waals surface area contributed by atoms with Crippen LogP contribution in [0.25, 0.3) is 22.3 Å². The van der Waals surface area contributed by atoms with Gasteiger partial charge in [-0.1, -0.05) is 48.4 Å². The quantitative estimate of drug-likeness (QED) is 0.227. The van der Waals surface area contributed by atoms with Crippen LogP contribution < -0.4 is 5.32 Å². The van der Waals surface area contributed by atoms with E-state index in [2.05, 4.69) is 15.3 Å². The highest BCUT2D eigenvalue weighted by molar-refractivity contribution is 7.90. The van der Waals surface area contributed by atoms with E-state index in [9.17, 15) is 17.6 Å². The molecule has 0 spiro atoms. The molecule has 0 fully saturated rings. The van der Waals surface area contributed by atoms with E-state index in [0.717, 1.165) is 9.54 Å². The fourth-order valence-electron chi connectivity index (χ4n) is 4.88. The van der Waals surface area contributed by atoms with Gasteiger partial charge in [0, 0.05) is 29.4 Å². The molecule has 3 aromatic heterocycles. The summed E-state index contributed by atoms with van der Waals surface area (Å²) in [5.74, 6) is -3.52. The Labute approximate surface area is 234 Å². The van der Waals surface area contributed by atoms with Gasteiger partial charge in [-0.15, -0.1) is 0 Å². The minimum absolute atomic E-state index is 0.000232. The number of nitrogens with one attached hydrogen (secondary N) is 1. The number of fused-ring (bicyclic) bond motifs is 1. The van der Waals surface area contributed by atoms with E-state index in [1.165, 1.54) is 37.7 Å². The van der Waals surface area contributed by atoms with E-state index >= 15 is 4.39 Å². The van der Waals surface area contributed by atoms with Gasteiger partial charge in [0.2, 0.25) is 0 Å². The Bertz CT molecular complexity index is 1760. The largest absolute Gasteiger partial charge is 0.469 e. The maximum absolute atomic E-state index is 15.3. The first-order valence-electron chi connectivity index (χ1n) is 12.4. The maximum Gasteiger partial charge on any atom is 0.311 e. The summed E-state index contributed by atoms with van der Waals surface area (Å²) in [7, 11) is -2.87. The Kier molecular flexibility index (Phi) is 7.36. The number of hydrogen-bond acceptors (Lipinski definition) is 7. The first kappa shape index (κ1) is 27.7. The molecule has 1 aliphatic carbocycles. The summed E-state index contributed by atoms with van der Waals surface area (Å²) in [4.78, 5) is 20.9. The lowest BCUT2D eigenvalue weighted by Crippen LogP contribution is -2.40. The summed E-state index contributed by atoms with van der Waals surface area (Å²) in [5.41, 5.74) is 0.586. The third-order valence-corrected chi connectivity index (χ3v) is 8.84. The van der Waals surface area contributed by atoms with Crippen molar-refractivity contribution in [1.82, 2.24) is 13.9 Å². The minimum atomic E-state index is -4.15. The van der Waals surface area contributed by atoms with Crippen molar-refractivity contribution in [2.24, 2.45) is 11.8 Å². The Morgan fingerprint density at radius 3 is 2.60 bits per heavy atom. The van der Waals surface area contributed by atoms with E-state index in [0.29, 0.717) is 12.5 Å². The molecule has 4 aromatic rings. The van der Waals surface area contributed by atoms with Crippen LogP contribution >= 0.6 is 11.6 Å². The van der Waals surface area contributed by atoms with Gasteiger partial charge in [-0.2, -0.15) is 0 Å². The van der Waals surface area contributed by atoms with Crippen LogP contribution in [0.1, 0.15) is 18.9 Å². The molecular formula is C28H25ClF2N4O4S. The number of pyridine rings is 2. The fraction of sp³-hybridized carbons (Fsp3) is 0.250. The number of ether oxygens (including phenoxy) is 1. The smallest absolute Gasteiger partial charge is 0.311 e. The summed E-state index contributed by atoms with van der Waals surface area (Å²) in [6, 6.07) is 7.66. The molecule has 3 atom stereocenters. The Balaban J connectivity index is 1.64. The van der Waals surface area contributed by atoms with Crippen molar-refractivity contribution in [2.45, 2.75) is 31.2 Å². The first-order valence-corrected chi connectivity index (χ1v) is 14.2. The third kappa shape index (κ3) is 4.95. The number of methoxy groups -OCH3 is 1. The average Bonchev–Trinajstić information content (AvgIpc) is 3.29. The van der Waals surface area contributed by atoms with Crippen LogP contribution in [0.15, 0.2) is 65.8 Å². The molecule has 8 nitrogen and oxygen atoms in total. The lowest BCUT2D eigenvalue weighted by Gasteiger charge is -2.31. The number of carbonyl (C=O) groups excluding carboxylic acids is 1. The molecular weight excluding hydrogens is 562 g/mol. The monoisotopic (exact) mass is 586 g/mol. The highest BCUT2D eigenvalue weighted by Gasteiger charge is 2.35. The molecule has 1 N–H and O–H groups in total. The molecule has 0 amide bonds. The number of allylic oxidation sites excluding steroid dienone is 1. The SMILES string of the molecule is COC(=O)[C@H]1C(C)CC=C[C@@H]1Nc1nc(-c2cn(S(=O)(=O)c3ccc(C)cc3)c3ncc(Cl)cc23)c(F)cc1F. The normalized spacial score (nSPS) is 19.1. The number of rotatable bonds is 6. The highest BCUT2D eigenvalue weighted by atomic mass is 35.5. The van der Waals surface area contributed by atoms with Gasteiger partial charge >= 0.3 is 5.97 Å². The van der Waals surface area contributed by atoms with Crippen molar-refractivity contribution in [3.05, 3.63) is 83.2 Å². The summed E-state index contributed by atoms with van der Waals surface area (Å²) >= 11 is 6.18. The Morgan fingerprint density at radius 2 is 1.90 bits per heavy atom. The van der Waals surface area contributed by atoms with Gasteiger partial charge < -0.3 is 10.1 Å². The van der Waals surface area contributed by atoms with Crippen LogP contribution in [0.5, 0.6) is 0 Å². The molecule has 208 valence electrons. The average molecular weight is 587 g/mol. The second-order valence-electron chi connectivity index (χ2n) is 9.69. The van der Waals surface area contributed by atoms with Crippen LogP contribution in [0.2, 0.25) is 5.02 Å². The van der Waals surface area contributed by atoms with Gasteiger partial charge in [0.15, 0.2) is 23.1 Å². The predicted octanol–water partition coefficient (Wildman–Crippen LogP) is 5.74. The molecule has 3 heterocycles. The van der Waals surface area contributed by atoms with Gasteiger partial charge in [0.05, 0.1) is 29.0 Å². The van der Waals surface area contributed by atoms with Crippen molar-refractivity contribution in [2.75, 3.05) is 12.4 Å². The Hall–Kier alpha value is -3.83. The number of aromatic nitrogens is 3. The van der Waals surface area contributed by atoms with E-state index in [4.69, 9.17) is 16.3 Å². The highest BCUT2D eigenvalue weighted by Crippen LogP contribution is 2.36. The molecule has 40 heavy (non-hydrogen) atoms. The number of carbonyl (C=O) groups is 1. The van der Waals surface area contributed by atoms with Crippen LogP contribution in [0.3, 0.4) is 0 Å². The number of halogens is 3. The van der Waals surface area contributed by atoms with Crippen molar-refractivity contribution in [1.29, 1.82) is 0 Å². The summed E-state index contributed by atoms with van der Waals surface area (Å²) < 4.78 is 63.3. The second kappa shape index (κ2) is 10.6. The number of anilines is 1. The van der Waals surface area contributed by atoms with E-state index in [-0.39, 0.29) is 43.9 Å². The minimum Gasteiger partial charge on any atom is -0.469 e. The van der Waals surface area contributed by atoms with Crippen LogP contribution in [-0.4, -0.2) is 41.5 Å². The van der Waals surface area contributed by atoms with E-state index in [1.54, 1.807) is 18.2 Å². The molecule has 5 rings (SSSR count). The van der Waals surface area contributed by atoms with E-state index < -0.39 is 39.6 Å². The van der Waals surface area contributed by atoms with Crippen LogP contribution in [-0.2, 0) is 19.6 Å². The fourth-order valence-corrected chi connectivity index (χ4v) is 6.36. The summed E-state index contributed by atoms with van der Waals surface area (Å²) in [6.45, 7) is 3.70. The van der Waals surface area contributed by atoms with Gasteiger partial charge in [-0.3, -0.25) is 4.79 Å². The van der Waals surface area contributed by atoms with Gasteiger partial charge in [0.1, 0.15) is 5.69 Å². The topological polar surface area (TPSA) is 103 Å². The molecule has 1 unspecified atom stereocenters. The third-order valence-electron chi connectivity index (χ3n) is 6.97. The van der Waals surface area contributed by atoms with Crippen LogP contribution in [0, 0.1) is 30.4 Å². The standard InChI is InChI=1S/C28H25ClF2N4O4S/c1-15-7-9-18(10-8-15)40(37,38)35-14-20(19-11-17(29)13-32-27(19)35)25-21(30)12-22(31)26(34-25)33-23-6-4-5-16(2)24(23)28(36)39-3/h4,6-14,16,23-24H,5H2,1-3H3,(H,33,34)/t16?,23-,24-/m0/s1. The zero-order valence-corrected chi connectivity index (χ0v) is 23.3. The lowest BCUT2D eigenvalue weighted by atomic mass is 9.81. The first-order chi connectivity index (χ1) is 19.0. The molecule has 1 aromatic carbocycles. The summed E-state index contributed by atoms with van der Waals surface area (Å²) in [5, 5.41) is 3.29. The van der Waals surface area contributed by atoms with Crippen LogP contribution in [0.4, 0.5) is 14.6 Å². The Morgan fingerprint density at radius 1 is 1.18 bits per heavy atom. The molecule has 1 aliphatic rings. The second-order valence-corrected chi connectivity index (χ2v) is 11.9. The zero-order chi connectivity index (χ0) is 28.8. The molecule has 0 bridgehead atoms. The maximum atomic E-state index is 15.3. The van der Waals surface area contributed by atoms with Crippen molar-refractivity contribution in [3.63, 3.8) is 0 Å². The predicted molar refractivity (Wildman–Crippen MR) is 147 cm³/mol. The van der Waals surface area contributed by atoms with E-state index in [1.807, 2.05) is 19.9 Å². The molecule has 0 radical (unpaired) electrons. The number of esters is 1. The van der Waals surface area contributed by atoms with Crippen molar-refractivity contribution in [3.8, 4) is 11.3 Å². The lowest BCUT2D eigenvalue weighted by molar-refractivity contribution is -0.147. The van der Waals surface area contributed by atoms with Gasteiger partial charge in [-0.25, -0.2) is 31.1 Å². The number of aryl methyl sites for hydroxylation is 1. The molecule has 0 saturated heterocycles. The summed E-state index contributed by atoms with van der Waals surface area (Å²) in [6.07, 6.45) is 6.68. The molecule has 0 aliphatic heterocycles. The number of hydrogen-bond donors (Lipinski definition) is 1. The number of nitrogens with zero attached hydrogens (tertiary/aromatic N) is 3. The number of benzene rings is 1. The van der Waals surface area contributed by atoms with Gasteiger partial charge in [0.25, 0.3) is 10.0 Å². The van der Waals surface area contributed by atoms with Crippen molar-refractivity contribution >= 4 is 44.4 Å². The van der Waals surface area contributed by atoms with Crippen molar-refractivity contribution < 1.29 is 26.7 Å². The zero-order valence-electron chi connectivity index (χ0n) is 21.7.